The zero-order chi connectivity index (χ0) is 52.2. The van der Waals surface area contributed by atoms with E-state index in [1.807, 2.05) is 25.9 Å². The number of halogens is 2. The largest absolute Gasteiger partial charge is 0.456 e. The molecule has 17 nitrogen and oxygen atoms in total. The molecule has 19 heteroatoms. The van der Waals surface area contributed by atoms with E-state index < -0.39 is 120 Å². The number of nitrogens with zero attached hydrogens (tertiary/aromatic N) is 1. The minimum absolute atomic E-state index is 0.0476. The molecule has 3 saturated heterocycles. The Balaban J connectivity index is 1.56. The van der Waals surface area contributed by atoms with E-state index in [0.717, 1.165) is 8.95 Å². The molecule has 70 heavy (non-hydrogen) atoms. The fraction of sp³-hybridized carbons (Fsp3) is 0.686. The van der Waals surface area contributed by atoms with Crippen molar-refractivity contribution in [2.24, 2.45) is 17.8 Å². The van der Waals surface area contributed by atoms with Crippen molar-refractivity contribution in [1.82, 2.24) is 10.2 Å². The molecule has 0 spiro atoms. The first-order chi connectivity index (χ1) is 32.6. The number of amides is 1. The van der Waals surface area contributed by atoms with E-state index in [2.05, 4.69) is 37.2 Å². The van der Waals surface area contributed by atoms with Gasteiger partial charge in [0.25, 0.3) is 0 Å². The Morgan fingerprint density at radius 1 is 0.914 bits per heavy atom. The minimum Gasteiger partial charge on any atom is -0.456 e. The number of carbonyl (C=O) groups is 4. The van der Waals surface area contributed by atoms with Crippen LogP contribution in [0.25, 0.3) is 0 Å². The number of nitrogens with one attached hydrogen (secondary N) is 1. The minimum atomic E-state index is -1.73. The van der Waals surface area contributed by atoms with Crippen LogP contribution in [0.4, 0.5) is 0 Å². The van der Waals surface area contributed by atoms with Crippen LogP contribution in [0.1, 0.15) is 116 Å². The highest BCUT2D eigenvalue weighted by molar-refractivity contribution is 9.10. The number of benzene rings is 2. The Morgan fingerprint density at radius 3 is 2.00 bits per heavy atom. The lowest BCUT2D eigenvalue weighted by Gasteiger charge is -2.49. The van der Waals surface area contributed by atoms with Crippen LogP contribution in [-0.2, 0) is 47.5 Å². The molecule has 0 aromatic heterocycles. The smallest absolute Gasteiger partial charge is 0.338 e. The van der Waals surface area contributed by atoms with Crippen molar-refractivity contribution in [1.29, 1.82) is 0 Å². The highest BCUT2D eigenvalue weighted by Gasteiger charge is 2.56. The van der Waals surface area contributed by atoms with Gasteiger partial charge in [-0.15, -0.1) is 0 Å². The monoisotopic (exact) mass is 1110 g/mol. The summed E-state index contributed by atoms with van der Waals surface area (Å²) in [4.78, 5) is 57.6. The SMILES string of the molecule is CCC(C)(O)C(O)C(OC(=O)c1ccc(Br)cc1)C(C)NC(=O)[C@H](C)[C@@H](O[C@H]1C[C@@](C)(OC)[C@@H](O)[C@H](C)O1)[C@H](C)[C@@H](O[C@@H]1O[C@H](C)C[C@H](N(C)C)[C@H]1OC(=O)c1ccc(Br)cc1)[C@@]1(C)C[C@@H](C)C(=O)O1. The van der Waals surface area contributed by atoms with Crippen molar-refractivity contribution in [2.75, 3.05) is 21.2 Å². The standard InChI is InChI=1S/C51H74Br2N2O15/c1-14-49(8,62)42(57)39(67-46(60)32-15-19-34(52)20-16-32)30(6)54-44(58)29(5)38(66-37-25-50(9,63-13)41(56)31(7)65-37)28(4)43(51(10)24-26(2)45(59)70-51)69-48-40(36(55(11)12)23-27(3)64-48)68-47(61)33-17-21-35(53)22-18-33/h15-22,26-31,36-43,48,56-57,62H,14,23-25H2,1-13H3,(H,54,58)/t26-,27-,28+,29-,30?,31+,36+,37+,38+,39?,40-,41+,42?,43-,48+,49?,50-,51-/m1/s1. The van der Waals surface area contributed by atoms with E-state index in [1.165, 1.54) is 14.0 Å². The summed E-state index contributed by atoms with van der Waals surface area (Å²) in [5.41, 5.74) is -3.71. The maximum Gasteiger partial charge on any atom is 0.338 e. The van der Waals surface area contributed by atoms with Gasteiger partial charge in [-0.1, -0.05) is 59.6 Å². The van der Waals surface area contributed by atoms with Gasteiger partial charge in [0, 0.05) is 34.8 Å². The first-order valence-corrected chi connectivity index (χ1v) is 25.6. The molecule has 0 radical (unpaired) electrons. The van der Waals surface area contributed by atoms with E-state index in [-0.39, 0.29) is 37.0 Å². The van der Waals surface area contributed by atoms with E-state index in [4.69, 9.17) is 37.9 Å². The molecule has 3 aliphatic heterocycles. The molecule has 392 valence electrons. The van der Waals surface area contributed by atoms with Gasteiger partial charge in [0.1, 0.15) is 23.9 Å². The first kappa shape index (κ1) is 57.8. The molecule has 2 aromatic rings. The van der Waals surface area contributed by atoms with Crippen LogP contribution in [0.2, 0.25) is 0 Å². The Morgan fingerprint density at radius 2 is 1.49 bits per heavy atom. The van der Waals surface area contributed by atoms with Gasteiger partial charge in [0.2, 0.25) is 5.91 Å². The maximum absolute atomic E-state index is 14.9. The lowest BCUT2D eigenvalue weighted by Crippen LogP contribution is -2.61. The van der Waals surface area contributed by atoms with Crippen LogP contribution >= 0.6 is 31.9 Å². The molecule has 3 fully saturated rings. The summed E-state index contributed by atoms with van der Waals surface area (Å²) >= 11 is 6.78. The van der Waals surface area contributed by atoms with Crippen LogP contribution < -0.4 is 5.32 Å². The maximum atomic E-state index is 14.9. The summed E-state index contributed by atoms with van der Waals surface area (Å²) in [6.45, 7) is 16.9. The Kier molecular flexibility index (Phi) is 19.7. The lowest BCUT2D eigenvalue weighted by molar-refractivity contribution is -0.315. The summed E-state index contributed by atoms with van der Waals surface area (Å²) < 4.78 is 52.5. The molecule has 5 rings (SSSR count). The van der Waals surface area contributed by atoms with E-state index >= 15 is 0 Å². The molecular formula is C51H74Br2N2O15. The quantitative estimate of drug-likeness (QED) is 0.0840. The number of hydrogen-bond donors (Lipinski definition) is 4. The summed E-state index contributed by atoms with van der Waals surface area (Å²) in [5, 5.41) is 37.0. The van der Waals surface area contributed by atoms with Crippen molar-refractivity contribution >= 4 is 55.7 Å². The number of ether oxygens (including phenoxy) is 8. The first-order valence-electron chi connectivity index (χ1n) is 24.0. The summed E-state index contributed by atoms with van der Waals surface area (Å²) in [6.07, 6.45) is -9.92. The van der Waals surface area contributed by atoms with Crippen LogP contribution in [0.15, 0.2) is 57.5 Å². The molecule has 0 aliphatic carbocycles. The number of aliphatic hydroxyl groups excluding tert-OH is 2. The average Bonchev–Trinajstić information content (AvgIpc) is 3.58. The van der Waals surface area contributed by atoms with Crippen LogP contribution in [-0.4, -0.2) is 156 Å². The number of cyclic esters (lactones) is 1. The second kappa shape index (κ2) is 23.9. The fourth-order valence-corrected chi connectivity index (χ4v) is 10.3. The van der Waals surface area contributed by atoms with Gasteiger partial charge >= 0.3 is 17.9 Å². The Labute approximate surface area is 429 Å². The third-order valence-electron chi connectivity index (χ3n) is 14.4. The molecule has 4 N–H and O–H groups in total. The Hall–Kier alpha value is -3.08. The third kappa shape index (κ3) is 13.5. The summed E-state index contributed by atoms with van der Waals surface area (Å²) in [5.74, 6) is -4.95. The second-order valence-corrected chi connectivity index (χ2v) is 22.2. The highest BCUT2D eigenvalue weighted by Crippen LogP contribution is 2.43. The summed E-state index contributed by atoms with van der Waals surface area (Å²) in [7, 11) is 5.22. The molecule has 3 heterocycles. The van der Waals surface area contributed by atoms with E-state index in [0.29, 0.717) is 12.0 Å². The van der Waals surface area contributed by atoms with Crippen molar-refractivity contribution in [3.8, 4) is 0 Å². The van der Waals surface area contributed by atoms with Gasteiger partial charge in [-0.05, 0) is 117 Å². The third-order valence-corrected chi connectivity index (χ3v) is 15.5. The van der Waals surface area contributed by atoms with E-state index in [9.17, 15) is 34.5 Å². The second-order valence-electron chi connectivity index (χ2n) is 20.4. The number of aliphatic hydroxyl groups is 3. The average molecular weight is 1110 g/mol. The van der Waals surface area contributed by atoms with Gasteiger partial charge in [0.05, 0.1) is 64.6 Å². The molecular weight excluding hydrogens is 1040 g/mol. The number of carbonyl (C=O) groups excluding carboxylic acids is 4. The normalized spacial score (nSPS) is 32.1. The lowest BCUT2D eigenvalue weighted by atomic mass is 9.78. The molecule has 18 atom stereocenters. The van der Waals surface area contributed by atoms with Crippen LogP contribution in [0, 0.1) is 17.8 Å². The Bertz CT molecular complexity index is 2100. The number of likely N-dealkylation sites (N-methyl/N-ethyl adjacent to an activating group) is 1. The molecule has 0 bridgehead atoms. The van der Waals surface area contributed by atoms with Gasteiger partial charge in [-0.2, -0.15) is 0 Å². The van der Waals surface area contributed by atoms with Crippen molar-refractivity contribution in [2.45, 2.75) is 185 Å². The van der Waals surface area contributed by atoms with E-state index in [1.54, 1.807) is 104 Å². The molecule has 1 amide bonds. The summed E-state index contributed by atoms with van der Waals surface area (Å²) in [6, 6.07) is 11.7. The fourth-order valence-electron chi connectivity index (χ4n) is 9.76. The zero-order valence-corrected chi connectivity index (χ0v) is 45.7. The van der Waals surface area contributed by atoms with Crippen molar-refractivity contribution in [3.63, 3.8) is 0 Å². The van der Waals surface area contributed by atoms with Gasteiger partial charge < -0.3 is 63.4 Å². The van der Waals surface area contributed by atoms with Crippen LogP contribution in [0.5, 0.6) is 0 Å². The van der Waals surface area contributed by atoms with Crippen molar-refractivity contribution < 1.29 is 72.4 Å². The van der Waals surface area contributed by atoms with Gasteiger partial charge in [0.15, 0.2) is 24.8 Å². The molecule has 4 unspecified atom stereocenters. The molecule has 2 aromatic carbocycles. The number of esters is 3. The molecule has 3 aliphatic rings. The predicted molar refractivity (Wildman–Crippen MR) is 264 cm³/mol. The predicted octanol–water partition coefficient (Wildman–Crippen LogP) is 6.34. The number of rotatable bonds is 20. The number of hydrogen-bond acceptors (Lipinski definition) is 16. The van der Waals surface area contributed by atoms with Gasteiger partial charge in [-0.3, -0.25) is 9.59 Å². The van der Waals surface area contributed by atoms with Crippen molar-refractivity contribution in [3.05, 3.63) is 68.6 Å². The van der Waals surface area contributed by atoms with Crippen LogP contribution in [0.3, 0.4) is 0 Å². The topological polar surface area (TPSA) is 218 Å². The highest BCUT2D eigenvalue weighted by atomic mass is 79.9. The zero-order valence-electron chi connectivity index (χ0n) is 42.6. The number of methoxy groups -OCH3 is 1. The van der Waals surface area contributed by atoms with Gasteiger partial charge in [-0.25, -0.2) is 9.59 Å². The molecule has 0 saturated carbocycles.